The van der Waals surface area contributed by atoms with E-state index >= 15 is 0 Å². The number of anilines is 1. The highest BCUT2D eigenvalue weighted by molar-refractivity contribution is 6.33. The summed E-state index contributed by atoms with van der Waals surface area (Å²) in [4.78, 5) is 16.1. The Morgan fingerprint density at radius 1 is 1.43 bits per heavy atom. The summed E-state index contributed by atoms with van der Waals surface area (Å²) in [6.07, 6.45) is -3.72. The third-order valence-electron chi connectivity index (χ3n) is 3.27. The summed E-state index contributed by atoms with van der Waals surface area (Å²) < 4.78 is 37.6. The molecule has 2 heterocycles. The van der Waals surface area contributed by atoms with Crippen LogP contribution in [0.25, 0.3) is 0 Å². The number of rotatable bonds is 2. The average molecular weight is 324 g/mol. The molecule has 1 saturated heterocycles. The Balaban J connectivity index is 2.05. The maximum atomic E-state index is 12.5. The second kappa shape index (κ2) is 5.97. The molecule has 2 rings (SSSR count). The van der Waals surface area contributed by atoms with Gasteiger partial charge in [0.1, 0.15) is 5.82 Å². The molecule has 9 heteroatoms. The molecule has 1 amide bonds. The predicted molar refractivity (Wildman–Crippen MR) is 70.6 cm³/mol. The lowest BCUT2D eigenvalue weighted by Crippen LogP contribution is -2.44. The van der Waals surface area contributed by atoms with Crippen LogP contribution in [0.5, 0.6) is 0 Å². The van der Waals surface area contributed by atoms with Crippen LogP contribution in [0.1, 0.15) is 18.4 Å². The van der Waals surface area contributed by atoms with Crippen LogP contribution in [0.2, 0.25) is 5.02 Å². The number of pyridine rings is 1. The molecular formula is C12H13ClF3N3O2. The fourth-order valence-electron chi connectivity index (χ4n) is 2.23. The molecule has 2 N–H and O–H groups in total. The predicted octanol–water partition coefficient (Wildman–Crippen LogP) is 2.99. The van der Waals surface area contributed by atoms with Gasteiger partial charge < -0.3 is 15.3 Å². The van der Waals surface area contributed by atoms with Crippen molar-refractivity contribution in [2.45, 2.75) is 25.1 Å². The molecule has 5 nitrogen and oxygen atoms in total. The highest BCUT2D eigenvalue weighted by atomic mass is 35.5. The van der Waals surface area contributed by atoms with Crippen molar-refractivity contribution < 1.29 is 23.1 Å². The maximum Gasteiger partial charge on any atom is 0.417 e. The summed E-state index contributed by atoms with van der Waals surface area (Å²) in [5, 5.41) is 11.0. The van der Waals surface area contributed by atoms with Gasteiger partial charge in [-0.05, 0) is 18.9 Å². The van der Waals surface area contributed by atoms with Crippen molar-refractivity contribution in [2.24, 2.45) is 0 Å². The largest absolute Gasteiger partial charge is 0.465 e. The van der Waals surface area contributed by atoms with Gasteiger partial charge in [0.15, 0.2) is 0 Å². The standard InChI is InChI=1S/C12H13ClF3N3O2/c13-9-5-7(12(14,15)16)6-17-10(9)19-3-1-8(2-4-19)18-11(20)21/h5-6,8,18H,1-4H2,(H,20,21). The Morgan fingerprint density at radius 3 is 2.52 bits per heavy atom. The summed E-state index contributed by atoms with van der Waals surface area (Å²) in [6, 6.07) is 0.692. The van der Waals surface area contributed by atoms with Crippen molar-refractivity contribution in [3.63, 3.8) is 0 Å². The SMILES string of the molecule is O=C(O)NC1CCN(c2ncc(C(F)(F)F)cc2Cl)CC1. The van der Waals surface area contributed by atoms with Gasteiger partial charge in [0.2, 0.25) is 0 Å². The quantitative estimate of drug-likeness (QED) is 0.878. The number of nitrogens with one attached hydrogen (secondary N) is 1. The molecule has 0 bridgehead atoms. The Morgan fingerprint density at radius 2 is 2.05 bits per heavy atom. The van der Waals surface area contributed by atoms with Gasteiger partial charge in [0.05, 0.1) is 10.6 Å². The van der Waals surface area contributed by atoms with E-state index in [0.29, 0.717) is 31.7 Å². The fraction of sp³-hybridized carbons (Fsp3) is 0.500. The molecule has 0 aliphatic carbocycles. The number of hydrogen-bond donors (Lipinski definition) is 2. The van der Waals surface area contributed by atoms with Gasteiger partial charge in [-0.15, -0.1) is 0 Å². The molecule has 1 aromatic rings. The van der Waals surface area contributed by atoms with Crippen LogP contribution >= 0.6 is 11.6 Å². The summed E-state index contributed by atoms with van der Waals surface area (Å²) in [6.45, 7) is 0.950. The molecule has 1 fully saturated rings. The van der Waals surface area contributed by atoms with Gasteiger partial charge >= 0.3 is 12.3 Å². The zero-order valence-corrected chi connectivity index (χ0v) is 11.6. The van der Waals surface area contributed by atoms with Crippen LogP contribution in [0.3, 0.4) is 0 Å². The second-order valence-corrected chi connectivity index (χ2v) is 5.15. The van der Waals surface area contributed by atoms with E-state index in [0.717, 1.165) is 12.3 Å². The van der Waals surface area contributed by atoms with Gasteiger partial charge in [-0.1, -0.05) is 11.6 Å². The smallest absolute Gasteiger partial charge is 0.417 e. The lowest BCUT2D eigenvalue weighted by Gasteiger charge is -2.33. The molecule has 0 atom stereocenters. The van der Waals surface area contributed by atoms with Crippen molar-refractivity contribution in [1.29, 1.82) is 0 Å². The summed E-state index contributed by atoms with van der Waals surface area (Å²) in [5.41, 5.74) is -0.890. The number of carboxylic acid groups (broad SMARTS) is 1. The van der Waals surface area contributed by atoms with E-state index in [4.69, 9.17) is 16.7 Å². The maximum absolute atomic E-state index is 12.5. The summed E-state index contributed by atoms with van der Waals surface area (Å²) >= 11 is 5.88. The van der Waals surface area contributed by atoms with E-state index < -0.39 is 17.8 Å². The number of piperidine rings is 1. The molecule has 0 aromatic carbocycles. The Hall–Kier alpha value is -1.70. The van der Waals surface area contributed by atoms with Crippen molar-refractivity contribution in [2.75, 3.05) is 18.0 Å². The van der Waals surface area contributed by atoms with E-state index in [1.165, 1.54) is 0 Å². The van der Waals surface area contributed by atoms with Gasteiger partial charge in [-0.2, -0.15) is 13.2 Å². The number of nitrogens with zero attached hydrogens (tertiary/aromatic N) is 2. The molecule has 0 saturated carbocycles. The number of amides is 1. The number of hydrogen-bond acceptors (Lipinski definition) is 3. The molecular weight excluding hydrogens is 311 g/mol. The van der Waals surface area contributed by atoms with Gasteiger partial charge in [-0.25, -0.2) is 9.78 Å². The van der Waals surface area contributed by atoms with Crippen LogP contribution in [-0.2, 0) is 6.18 Å². The molecule has 21 heavy (non-hydrogen) atoms. The number of aromatic nitrogens is 1. The monoisotopic (exact) mass is 323 g/mol. The zero-order chi connectivity index (χ0) is 15.6. The third kappa shape index (κ3) is 3.90. The molecule has 1 aliphatic rings. The van der Waals surface area contributed by atoms with Crippen LogP contribution < -0.4 is 10.2 Å². The minimum absolute atomic E-state index is 0.0607. The third-order valence-corrected chi connectivity index (χ3v) is 3.55. The Kier molecular flexibility index (Phi) is 4.46. The Labute approximate surface area is 123 Å². The number of halogens is 4. The summed E-state index contributed by atoms with van der Waals surface area (Å²) in [5.74, 6) is 0.290. The second-order valence-electron chi connectivity index (χ2n) is 4.74. The van der Waals surface area contributed by atoms with E-state index in [9.17, 15) is 18.0 Å². The van der Waals surface area contributed by atoms with Gasteiger partial charge in [0, 0.05) is 25.3 Å². The first-order valence-electron chi connectivity index (χ1n) is 6.24. The molecule has 0 spiro atoms. The lowest BCUT2D eigenvalue weighted by molar-refractivity contribution is -0.137. The topological polar surface area (TPSA) is 65.5 Å². The van der Waals surface area contributed by atoms with Crippen LogP contribution in [0.15, 0.2) is 12.3 Å². The van der Waals surface area contributed by atoms with Crippen molar-refractivity contribution in [3.8, 4) is 0 Å². The van der Waals surface area contributed by atoms with E-state index in [-0.39, 0.29) is 11.1 Å². The minimum atomic E-state index is -4.48. The lowest BCUT2D eigenvalue weighted by atomic mass is 10.1. The molecule has 0 radical (unpaired) electrons. The zero-order valence-electron chi connectivity index (χ0n) is 10.8. The van der Waals surface area contributed by atoms with E-state index in [1.54, 1.807) is 4.90 Å². The first kappa shape index (κ1) is 15.7. The first-order valence-corrected chi connectivity index (χ1v) is 6.62. The highest BCUT2D eigenvalue weighted by Crippen LogP contribution is 2.34. The highest BCUT2D eigenvalue weighted by Gasteiger charge is 2.32. The van der Waals surface area contributed by atoms with E-state index in [2.05, 4.69) is 10.3 Å². The van der Waals surface area contributed by atoms with Crippen molar-refractivity contribution in [3.05, 3.63) is 22.8 Å². The Bertz CT molecular complexity index is 531. The van der Waals surface area contributed by atoms with E-state index in [1.807, 2.05) is 0 Å². The normalized spacial score (nSPS) is 16.9. The van der Waals surface area contributed by atoms with Gasteiger partial charge in [0.25, 0.3) is 0 Å². The van der Waals surface area contributed by atoms with Crippen LogP contribution in [0, 0.1) is 0 Å². The average Bonchev–Trinajstić information content (AvgIpc) is 2.38. The first-order chi connectivity index (χ1) is 9.77. The number of alkyl halides is 3. The van der Waals surface area contributed by atoms with Crippen molar-refractivity contribution in [1.82, 2.24) is 10.3 Å². The van der Waals surface area contributed by atoms with Crippen molar-refractivity contribution >= 4 is 23.5 Å². The number of carbonyl (C=O) groups is 1. The molecule has 1 aromatic heterocycles. The fourth-order valence-corrected chi connectivity index (χ4v) is 2.51. The van der Waals surface area contributed by atoms with Gasteiger partial charge in [-0.3, -0.25) is 0 Å². The summed E-state index contributed by atoms with van der Waals surface area (Å²) in [7, 11) is 0. The molecule has 1 aliphatic heterocycles. The minimum Gasteiger partial charge on any atom is -0.465 e. The molecule has 116 valence electrons. The van der Waals surface area contributed by atoms with Crippen LogP contribution in [-0.4, -0.2) is 35.3 Å². The molecule has 0 unspecified atom stereocenters. The van der Waals surface area contributed by atoms with Crippen LogP contribution in [0.4, 0.5) is 23.8 Å².